The summed E-state index contributed by atoms with van der Waals surface area (Å²) in [5.41, 5.74) is 10.4. The average Bonchev–Trinajstić information content (AvgIpc) is 3.57. The van der Waals surface area contributed by atoms with E-state index in [4.69, 9.17) is 18.9 Å². The Balaban J connectivity index is 1.06. The smallest absolute Gasteiger partial charge is 0.407 e. The highest BCUT2D eigenvalue weighted by Gasteiger charge is 2.30. The van der Waals surface area contributed by atoms with Crippen LogP contribution in [0.1, 0.15) is 69.4 Å². The van der Waals surface area contributed by atoms with Crippen LogP contribution in [0.4, 0.5) is 4.79 Å². The van der Waals surface area contributed by atoms with Gasteiger partial charge >= 0.3 is 6.09 Å². The predicted molar refractivity (Wildman–Crippen MR) is 219 cm³/mol. The Labute approximate surface area is 328 Å². The maximum absolute atomic E-state index is 13.6. The average molecular weight is 747 g/mol. The van der Waals surface area contributed by atoms with Gasteiger partial charge in [-0.15, -0.1) is 0 Å². The third kappa shape index (κ3) is 8.40. The van der Waals surface area contributed by atoms with Gasteiger partial charge < -0.3 is 29.6 Å². The number of methoxy groups -OCH3 is 2. The van der Waals surface area contributed by atoms with Crippen LogP contribution in [0, 0.1) is 6.92 Å². The number of benzene rings is 6. The Morgan fingerprint density at radius 2 is 1.21 bits per heavy atom. The summed E-state index contributed by atoms with van der Waals surface area (Å²) in [5.74, 6) is 1.33. The lowest BCUT2D eigenvalue weighted by atomic mass is 9.96. The van der Waals surface area contributed by atoms with Crippen molar-refractivity contribution in [1.29, 1.82) is 0 Å². The molecule has 8 nitrogen and oxygen atoms in total. The number of alkyl carbamates (subject to hydrolysis) is 1. The van der Waals surface area contributed by atoms with Crippen molar-refractivity contribution in [1.82, 2.24) is 10.6 Å². The van der Waals surface area contributed by atoms with Gasteiger partial charge in [-0.1, -0.05) is 122 Å². The predicted octanol–water partition coefficient (Wildman–Crippen LogP) is 9.49. The second-order valence-electron chi connectivity index (χ2n) is 13.9. The molecule has 1 aliphatic carbocycles. The number of amides is 2. The first-order valence-electron chi connectivity index (χ1n) is 18.9. The second kappa shape index (κ2) is 17.3. The number of hydrogen-bond acceptors (Lipinski definition) is 6. The molecule has 0 unspecified atom stereocenters. The minimum Gasteiger partial charge on any atom is -0.497 e. The molecular weight excluding hydrogens is 701 g/mol. The van der Waals surface area contributed by atoms with E-state index in [0.717, 1.165) is 50.9 Å². The Bertz CT molecular complexity index is 2240. The maximum atomic E-state index is 13.6. The van der Waals surface area contributed by atoms with Gasteiger partial charge in [0.05, 0.1) is 26.3 Å². The first-order chi connectivity index (χ1) is 27.3. The molecule has 0 radical (unpaired) electrons. The van der Waals surface area contributed by atoms with Crippen molar-refractivity contribution in [3.8, 4) is 28.4 Å². The van der Waals surface area contributed by atoms with E-state index in [1.165, 1.54) is 5.56 Å². The summed E-state index contributed by atoms with van der Waals surface area (Å²) in [5, 5.41) is 6.24. The lowest BCUT2D eigenvalue weighted by Gasteiger charge is -2.23. The number of hydrogen-bond donors (Lipinski definition) is 2. The van der Waals surface area contributed by atoms with E-state index in [-0.39, 0.29) is 31.1 Å². The second-order valence-corrected chi connectivity index (χ2v) is 13.9. The number of nitrogens with one attached hydrogen (secondary N) is 2. The molecule has 6 aromatic rings. The number of rotatable bonds is 14. The number of aryl methyl sites for hydroxylation is 2. The van der Waals surface area contributed by atoms with E-state index in [2.05, 4.69) is 66.1 Å². The van der Waals surface area contributed by atoms with Crippen molar-refractivity contribution in [2.24, 2.45) is 0 Å². The molecule has 0 aromatic heterocycles. The van der Waals surface area contributed by atoms with Crippen molar-refractivity contribution in [2.45, 2.75) is 38.3 Å². The van der Waals surface area contributed by atoms with Crippen molar-refractivity contribution in [3.05, 3.63) is 184 Å². The van der Waals surface area contributed by atoms with E-state index >= 15 is 0 Å². The van der Waals surface area contributed by atoms with Gasteiger partial charge in [0.25, 0.3) is 5.91 Å². The van der Waals surface area contributed by atoms with Crippen LogP contribution in [-0.4, -0.2) is 39.4 Å². The van der Waals surface area contributed by atoms with Crippen molar-refractivity contribution < 1.29 is 28.5 Å². The molecule has 7 rings (SSSR count). The fraction of sp³-hybridized carbons (Fsp3) is 0.208. The van der Waals surface area contributed by atoms with E-state index in [1.807, 2.05) is 79.7 Å². The van der Waals surface area contributed by atoms with Crippen LogP contribution in [0.3, 0.4) is 0 Å². The van der Waals surface area contributed by atoms with Crippen LogP contribution in [0.5, 0.6) is 17.2 Å². The van der Waals surface area contributed by atoms with Crippen LogP contribution < -0.4 is 24.8 Å². The van der Waals surface area contributed by atoms with E-state index in [0.29, 0.717) is 22.8 Å². The molecule has 2 N–H and O–H groups in total. The zero-order chi connectivity index (χ0) is 39.0. The number of ether oxygens (including phenoxy) is 4. The normalized spacial score (nSPS) is 12.8. The Morgan fingerprint density at radius 3 is 1.82 bits per heavy atom. The summed E-state index contributed by atoms with van der Waals surface area (Å²) >= 11 is 0. The Kier molecular flexibility index (Phi) is 11.7. The molecule has 56 heavy (non-hydrogen) atoms. The van der Waals surface area contributed by atoms with Gasteiger partial charge in [0.1, 0.15) is 23.9 Å². The molecule has 2 atom stereocenters. The monoisotopic (exact) mass is 746 g/mol. The van der Waals surface area contributed by atoms with Gasteiger partial charge in [-0.2, -0.15) is 0 Å². The SMILES string of the molecule is CCc1ccc([C@H](NC(=O)COc2ccc([C@@H](NC(=O)OCC3c4ccccc4-c4ccccc43)c3ccc(OC)cc3OC)cc2)c2ccc(C)cc2)cc1. The highest BCUT2D eigenvalue weighted by molar-refractivity contribution is 5.80. The minimum absolute atomic E-state index is 0.0791. The van der Waals surface area contributed by atoms with Crippen LogP contribution in [-0.2, 0) is 16.0 Å². The van der Waals surface area contributed by atoms with Crippen molar-refractivity contribution >= 4 is 12.0 Å². The number of carbonyl (C=O) groups is 2. The van der Waals surface area contributed by atoms with E-state index in [9.17, 15) is 9.59 Å². The van der Waals surface area contributed by atoms with E-state index < -0.39 is 12.1 Å². The van der Waals surface area contributed by atoms with Gasteiger partial charge in [-0.3, -0.25) is 4.79 Å². The zero-order valence-electron chi connectivity index (χ0n) is 32.1. The third-order valence-electron chi connectivity index (χ3n) is 10.4. The van der Waals surface area contributed by atoms with Crippen molar-refractivity contribution in [3.63, 3.8) is 0 Å². The quantitative estimate of drug-likeness (QED) is 0.115. The van der Waals surface area contributed by atoms with E-state index in [1.54, 1.807) is 32.4 Å². The molecule has 1 aliphatic rings. The van der Waals surface area contributed by atoms with Gasteiger partial charge in [-0.05, 0) is 82.1 Å². The van der Waals surface area contributed by atoms with Gasteiger partial charge in [0.2, 0.25) is 0 Å². The molecule has 284 valence electrons. The molecular formula is C48H46N2O6. The Morgan fingerprint density at radius 1 is 0.643 bits per heavy atom. The molecule has 0 spiro atoms. The molecule has 8 heteroatoms. The molecule has 0 heterocycles. The Hall–Kier alpha value is -6.54. The maximum Gasteiger partial charge on any atom is 0.407 e. The van der Waals surface area contributed by atoms with Crippen LogP contribution in [0.15, 0.2) is 140 Å². The molecule has 2 amide bonds. The zero-order valence-corrected chi connectivity index (χ0v) is 32.1. The highest BCUT2D eigenvalue weighted by atomic mass is 16.5. The summed E-state index contributed by atoms with van der Waals surface area (Å²) in [6, 6.07) is 44.7. The lowest BCUT2D eigenvalue weighted by Crippen LogP contribution is -2.33. The topological polar surface area (TPSA) is 95.1 Å². The molecule has 0 aliphatic heterocycles. The largest absolute Gasteiger partial charge is 0.497 e. The number of carbonyl (C=O) groups excluding carboxylic acids is 2. The van der Waals surface area contributed by atoms with Crippen LogP contribution >= 0.6 is 0 Å². The van der Waals surface area contributed by atoms with Crippen molar-refractivity contribution in [2.75, 3.05) is 27.4 Å². The van der Waals surface area contributed by atoms with Crippen LogP contribution in [0.25, 0.3) is 11.1 Å². The summed E-state index contributed by atoms with van der Waals surface area (Å²) in [4.78, 5) is 27.0. The highest BCUT2D eigenvalue weighted by Crippen LogP contribution is 2.44. The lowest BCUT2D eigenvalue weighted by molar-refractivity contribution is -0.123. The summed E-state index contributed by atoms with van der Waals surface area (Å²) in [6.45, 7) is 4.16. The molecule has 6 aromatic carbocycles. The molecule has 0 saturated carbocycles. The van der Waals surface area contributed by atoms with Gasteiger partial charge in [-0.25, -0.2) is 4.79 Å². The minimum atomic E-state index is -0.641. The molecule has 0 bridgehead atoms. The standard InChI is InChI=1S/C48H46N2O6/c1-5-32-16-20-34(21-17-32)46(33-18-14-31(2)15-19-33)49-45(51)30-55-36-24-22-35(23-25-36)47(42-27-26-37(53-3)28-44(42)54-4)50-48(52)56-29-43-40-12-8-6-10-38(40)39-11-7-9-13-41(39)43/h6-28,43,46-47H,5,29-30H2,1-4H3,(H,49,51)(H,50,52)/t46-,47-/m1/s1. The first kappa shape index (κ1) is 37.8. The molecule has 0 fully saturated rings. The number of fused-ring (bicyclic) bond motifs is 3. The third-order valence-corrected chi connectivity index (χ3v) is 10.4. The fourth-order valence-corrected chi connectivity index (χ4v) is 7.33. The van der Waals surface area contributed by atoms with Gasteiger partial charge in [0.15, 0.2) is 6.61 Å². The van der Waals surface area contributed by atoms with Gasteiger partial charge in [0, 0.05) is 17.5 Å². The summed E-state index contributed by atoms with van der Waals surface area (Å²) in [6.07, 6.45) is 0.369. The first-order valence-corrected chi connectivity index (χ1v) is 18.9. The fourth-order valence-electron chi connectivity index (χ4n) is 7.33. The summed E-state index contributed by atoms with van der Waals surface area (Å²) < 4.78 is 23.1. The summed E-state index contributed by atoms with van der Waals surface area (Å²) in [7, 11) is 3.17. The molecule has 0 saturated heterocycles. The van der Waals surface area contributed by atoms with Crippen LogP contribution in [0.2, 0.25) is 0 Å².